The van der Waals surface area contributed by atoms with E-state index in [-0.39, 0.29) is 0 Å². The van der Waals surface area contributed by atoms with Crippen molar-refractivity contribution in [3.8, 4) is 5.75 Å². The number of carbonyl (C=O) groups is 1. The summed E-state index contributed by atoms with van der Waals surface area (Å²) in [6.45, 7) is 3.80. The van der Waals surface area contributed by atoms with Gasteiger partial charge in [-0.05, 0) is 43.5 Å². The summed E-state index contributed by atoms with van der Waals surface area (Å²) in [7, 11) is 0. The zero-order chi connectivity index (χ0) is 20.6. The van der Waals surface area contributed by atoms with Crippen LogP contribution in [0.4, 0.5) is 0 Å². The van der Waals surface area contributed by atoms with E-state index in [0.717, 1.165) is 23.4 Å². The van der Waals surface area contributed by atoms with Crippen molar-refractivity contribution < 1.29 is 14.6 Å². The molecule has 1 aromatic carbocycles. The predicted octanol–water partition coefficient (Wildman–Crippen LogP) is 7.83. The van der Waals surface area contributed by atoms with Crippen molar-refractivity contribution in [1.82, 2.24) is 0 Å². The number of rotatable bonds is 17. The first-order valence-corrected chi connectivity index (χ1v) is 11.6. The number of carboxylic acid groups (broad SMARTS) is 1. The molecule has 1 atom stereocenters. The van der Waals surface area contributed by atoms with E-state index in [0.29, 0.717) is 5.75 Å². The fourth-order valence-electron chi connectivity index (χ4n) is 3.40. The third-order valence-electron chi connectivity index (χ3n) is 5.23. The minimum atomic E-state index is -0.965. The Kier molecular flexibility index (Phi) is 13.9. The van der Waals surface area contributed by atoms with Gasteiger partial charge in [0, 0.05) is 5.02 Å². The van der Waals surface area contributed by atoms with Crippen molar-refractivity contribution in [3.63, 3.8) is 0 Å². The third kappa shape index (κ3) is 11.6. The van der Waals surface area contributed by atoms with E-state index >= 15 is 0 Å². The van der Waals surface area contributed by atoms with Gasteiger partial charge in [0.2, 0.25) is 0 Å². The zero-order valence-corrected chi connectivity index (χ0v) is 18.6. The number of carboxylic acids is 1. The van der Waals surface area contributed by atoms with E-state index in [1.54, 1.807) is 12.1 Å². The summed E-state index contributed by atoms with van der Waals surface area (Å²) in [4.78, 5) is 10.9. The first-order chi connectivity index (χ1) is 13.5. The fourth-order valence-corrected chi connectivity index (χ4v) is 3.62. The van der Waals surface area contributed by atoms with Crippen molar-refractivity contribution in [3.05, 3.63) is 28.8 Å². The van der Waals surface area contributed by atoms with Crippen molar-refractivity contribution in [2.75, 3.05) is 0 Å². The van der Waals surface area contributed by atoms with Gasteiger partial charge in [-0.2, -0.15) is 0 Å². The van der Waals surface area contributed by atoms with Gasteiger partial charge in [-0.15, -0.1) is 0 Å². The topological polar surface area (TPSA) is 46.5 Å². The summed E-state index contributed by atoms with van der Waals surface area (Å²) >= 11 is 6.27. The summed E-state index contributed by atoms with van der Waals surface area (Å²) in [6, 6.07) is 5.40. The minimum absolute atomic E-state index is 0.573. The second kappa shape index (κ2) is 15.7. The van der Waals surface area contributed by atoms with Crippen LogP contribution in [0.15, 0.2) is 18.2 Å². The molecule has 1 N–H and O–H groups in total. The van der Waals surface area contributed by atoms with E-state index in [1.807, 2.05) is 6.07 Å². The van der Waals surface area contributed by atoms with Gasteiger partial charge in [0.05, 0.1) is 0 Å². The molecule has 0 spiro atoms. The molecule has 1 aromatic rings. The number of benzene rings is 1. The largest absolute Gasteiger partial charge is 0.479 e. The lowest BCUT2D eigenvalue weighted by Gasteiger charge is -2.12. The van der Waals surface area contributed by atoms with Crippen molar-refractivity contribution in [2.24, 2.45) is 0 Å². The lowest BCUT2D eigenvalue weighted by Crippen LogP contribution is -2.22. The molecular weight excluding hydrogens is 372 g/mol. The Bertz CT molecular complexity index is 545. The number of ether oxygens (including phenoxy) is 1. The molecule has 4 heteroatoms. The highest BCUT2D eigenvalue weighted by molar-refractivity contribution is 6.31. The average molecular weight is 411 g/mol. The number of aliphatic carboxylic acids is 1. The summed E-state index contributed by atoms with van der Waals surface area (Å²) in [5.41, 5.74) is 1.04. The molecule has 0 saturated heterocycles. The van der Waals surface area contributed by atoms with Gasteiger partial charge in [0.1, 0.15) is 5.75 Å². The van der Waals surface area contributed by atoms with Crippen LogP contribution < -0.4 is 4.74 Å². The number of unbranched alkanes of at least 4 members (excludes halogenated alkanes) is 12. The van der Waals surface area contributed by atoms with Gasteiger partial charge in [-0.3, -0.25) is 0 Å². The minimum Gasteiger partial charge on any atom is -0.479 e. The van der Waals surface area contributed by atoms with Gasteiger partial charge in [-0.25, -0.2) is 4.79 Å². The molecule has 0 aromatic heterocycles. The molecule has 0 aliphatic heterocycles. The molecule has 0 aliphatic carbocycles. The monoisotopic (exact) mass is 410 g/mol. The standard InChI is InChI=1S/C24H39ClO3/c1-3-4-5-6-7-8-9-10-11-12-13-14-15-16-21-19-22(17-18-23(21)25)28-20(2)24(26)27/h17-20H,3-16H2,1-2H3,(H,26,27)/t20-/m0/s1. The van der Waals surface area contributed by atoms with Crippen LogP contribution in [-0.4, -0.2) is 17.2 Å². The zero-order valence-electron chi connectivity index (χ0n) is 17.9. The number of aryl methyl sites for hydroxylation is 1. The first kappa shape index (κ1) is 24.8. The average Bonchev–Trinajstić information content (AvgIpc) is 2.67. The van der Waals surface area contributed by atoms with Crippen LogP contribution in [0.2, 0.25) is 5.02 Å². The van der Waals surface area contributed by atoms with Gasteiger partial charge in [0.25, 0.3) is 0 Å². The molecule has 0 aliphatic rings. The molecule has 0 heterocycles. The van der Waals surface area contributed by atoms with Crippen molar-refractivity contribution in [2.45, 2.75) is 110 Å². The Labute approximate surface area is 176 Å². The van der Waals surface area contributed by atoms with E-state index in [2.05, 4.69) is 6.92 Å². The fraction of sp³-hybridized carbons (Fsp3) is 0.708. The molecule has 0 fully saturated rings. The van der Waals surface area contributed by atoms with Crippen LogP contribution in [0.5, 0.6) is 5.75 Å². The third-order valence-corrected chi connectivity index (χ3v) is 5.60. The number of hydrogen-bond donors (Lipinski definition) is 1. The van der Waals surface area contributed by atoms with E-state index < -0.39 is 12.1 Å². The van der Waals surface area contributed by atoms with Crippen LogP contribution in [0.3, 0.4) is 0 Å². The maximum atomic E-state index is 10.9. The highest BCUT2D eigenvalue weighted by atomic mass is 35.5. The SMILES string of the molecule is CCCCCCCCCCCCCCCc1cc(O[C@@H](C)C(=O)O)ccc1Cl. The Morgan fingerprint density at radius 2 is 1.43 bits per heavy atom. The molecule has 28 heavy (non-hydrogen) atoms. The van der Waals surface area contributed by atoms with E-state index in [1.165, 1.54) is 84.0 Å². The van der Waals surface area contributed by atoms with E-state index in [9.17, 15) is 4.79 Å². The van der Waals surface area contributed by atoms with Crippen LogP contribution in [0.1, 0.15) is 103 Å². The number of hydrogen-bond acceptors (Lipinski definition) is 2. The Balaban J connectivity index is 2.09. The maximum Gasteiger partial charge on any atom is 0.344 e. The molecule has 0 amide bonds. The second-order valence-electron chi connectivity index (χ2n) is 7.84. The molecule has 0 bridgehead atoms. The molecule has 0 radical (unpaired) electrons. The normalized spacial score (nSPS) is 12.1. The summed E-state index contributed by atoms with van der Waals surface area (Å²) in [6.07, 6.45) is 17.5. The van der Waals surface area contributed by atoms with E-state index in [4.69, 9.17) is 21.4 Å². The quantitative estimate of drug-likeness (QED) is 0.266. The summed E-state index contributed by atoms with van der Waals surface area (Å²) < 4.78 is 5.43. The van der Waals surface area contributed by atoms with Gasteiger partial charge in [-0.1, -0.05) is 95.6 Å². The smallest absolute Gasteiger partial charge is 0.344 e. The molecule has 0 saturated carbocycles. The summed E-state index contributed by atoms with van der Waals surface area (Å²) in [5.74, 6) is -0.392. The van der Waals surface area contributed by atoms with Crippen molar-refractivity contribution >= 4 is 17.6 Å². The Morgan fingerprint density at radius 3 is 1.93 bits per heavy atom. The highest BCUT2D eigenvalue weighted by Gasteiger charge is 2.13. The molecule has 3 nitrogen and oxygen atoms in total. The Hall–Kier alpha value is -1.22. The highest BCUT2D eigenvalue weighted by Crippen LogP contribution is 2.25. The maximum absolute atomic E-state index is 10.9. The Morgan fingerprint density at radius 1 is 0.929 bits per heavy atom. The lowest BCUT2D eigenvalue weighted by molar-refractivity contribution is -0.144. The summed E-state index contributed by atoms with van der Waals surface area (Å²) in [5, 5.41) is 9.68. The lowest BCUT2D eigenvalue weighted by atomic mass is 10.0. The van der Waals surface area contributed by atoms with Crippen LogP contribution in [-0.2, 0) is 11.2 Å². The second-order valence-corrected chi connectivity index (χ2v) is 8.25. The van der Waals surface area contributed by atoms with Gasteiger partial charge < -0.3 is 9.84 Å². The first-order valence-electron chi connectivity index (χ1n) is 11.2. The van der Waals surface area contributed by atoms with Crippen molar-refractivity contribution in [1.29, 1.82) is 0 Å². The van der Waals surface area contributed by atoms with Crippen LogP contribution in [0.25, 0.3) is 0 Å². The van der Waals surface area contributed by atoms with Gasteiger partial charge >= 0.3 is 5.97 Å². The number of halogens is 1. The predicted molar refractivity (Wildman–Crippen MR) is 119 cm³/mol. The van der Waals surface area contributed by atoms with Gasteiger partial charge in [0.15, 0.2) is 6.10 Å². The molecule has 0 unspecified atom stereocenters. The molecular formula is C24H39ClO3. The van der Waals surface area contributed by atoms with Crippen LogP contribution >= 0.6 is 11.6 Å². The molecule has 160 valence electrons. The molecule has 1 rings (SSSR count). The van der Waals surface area contributed by atoms with Crippen LogP contribution in [0, 0.1) is 0 Å².